The predicted octanol–water partition coefficient (Wildman–Crippen LogP) is 5.56. The molecule has 0 saturated heterocycles. The number of rotatable bonds is 3. The van der Waals surface area contributed by atoms with E-state index in [2.05, 4.69) is 24.3 Å². The molecular weight excluding hydrogens is 283 g/mol. The summed E-state index contributed by atoms with van der Waals surface area (Å²) >= 11 is 6.52. The number of hydrogen-bond acceptors (Lipinski definition) is 0. The van der Waals surface area contributed by atoms with Gasteiger partial charge in [-0.15, -0.1) is 11.6 Å². The van der Waals surface area contributed by atoms with Crippen LogP contribution in [-0.4, -0.2) is 5.38 Å². The van der Waals surface area contributed by atoms with Crippen LogP contribution in [-0.2, 0) is 6.42 Å². The van der Waals surface area contributed by atoms with Crippen molar-refractivity contribution < 1.29 is 4.39 Å². The van der Waals surface area contributed by atoms with Crippen molar-refractivity contribution >= 4 is 11.6 Å². The second-order valence-corrected chi connectivity index (χ2v) is 6.55. The highest BCUT2D eigenvalue weighted by Crippen LogP contribution is 2.40. The minimum absolute atomic E-state index is 0.108. The highest BCUT2D eigenvalue weighted by molar-refractivity contribution is 6.20. The Morgan fingerprint density at radius 2 is 1.67 bits per heavy atom. The zero-order chi connectivity index (χ0) is 14.7. The fraction of sp³-hybridized carbons (Fsp3) is 0.368. The van der Waals surface area contributed by atoms with Crippen LogP contribution in [0.2, 0.25) is 0 Å². The normalized spacial score (nSPS) is 25.7. The van der Waals surface area contributed by atoms with E-state index in [0.717, 1.165) is 31.2 Å². The lowest BCUT2D eigenvalue weighted by atomic mass is 9.75. The maximum absolute atomic E-state index is 13.8. The van der Waals surface area contributed by atoms with Crippen molar-refractivity contribution in [1.82, 2.24) is 0 Å². The first-order valence-corrected chi connectivity index (χ1v) is 8.10. The second-order valence-electron chi connectivity index (χ2n) is 5.99. The molecule has 1 saturated carbocycles. The maximum atomic E-state index is 13.8. The van der Waals surface area contributed by atoms with Crippen LogP contribution in [0.1, 0.15) is 36.3 Å². The van der Waals surface area contributed by atoms with Crippen LogP contribution < -0.4 is 0 Å². The van der Waals surface area contributed by atoms with Gasteiger partial charge in [0.25, 0.3) is 0 Å². The SMILES string of the molecule is Fc1ccccc1CC1CC(c2ccccc2)CCC1Cl. The zero-order valence-electron chi connectivity index (χ0n) is 12.0. The van der Waals surface area contributed by atoms with E-state index in [4.69, 9.17) is 11.6 Å². The Hall–Kier alpha value is -1.34. The van der Waals surface area contributed by atoms with E-state index < -0.39 is 0 Å². The third-order valence-corrected chi connectivity index (χ3v) is 5.18. The van der Waals surface area contributed by atoms with E-state index in [1.54, 1.807) is 6.07 Å². The Kier molecular flexibility index (Phi) is 4.60. The number of benzene rings is 2. The minimum Gasteiger partial charge on any atom is -0.207 e. The lowest BCUT2D eigenvalue weighted by Gasteiger charge is -2.33. The van der Waals surface area contributed by atoms with Crippen LogP contribution in [0.25, 0.3) is 0 Å². The Morgan fingerprint density at radius 3 is 2.43 bits per heavy atom. The van der Waals surface area contributed by atoms with Gasteiger partial charge in [-0.05, 0) is 54.7 Å². The molecule has 0 spiro atoms. The molecule has 1 aliphatic carbocycles. The van der Waals surface area contributed by atoms with Crippen LogP contribution in [0, 0.1) is 11.7 Å². The fourth-order valence-corrected chi connectivity index (χ4v) is 3.73. The summed E-state index contributed by atoms with van der Waals surface area (Å²) in [5.74, 6) is 0.795. The molecule has 21 heavy (non-hydrogen) atoms. The third kappa shape index (κ3) is 3.47. The predicted molar refractivity (Wildman–Crippen MR) is 86.3 cm³/mol. The summed E-state index contributed by atoms with van der Waals surface area (Å²) in [6.45, 7) is 0. The molecule has 3 unspecified atom stereocenters. The lowest BCUT2D eigenvalue weighted by Crippen LogP contribution is -2.26. The van der Waals surface area contributed by atoms with Gasteiger partial charge >= 0.3 is 0 Å². The summed E-state index contributed by atoms with van der Waals surface area (Å²) in [5.41, 5.74) is 2.18. The van der Waals surface area contributed by atoms with Crippen molar-refractivity contribution in [3.63, 3.8) is 0 Å². The Morgan fingerprint density at radius 1 is 0.952 bits per heavy atom. The fourth-order valence-electron chi connectivity index (χ4n) is 3.41. The van der Waals surface area contributed by atoms with Crippen LogP contribution in [0.3, 0.4) is 0 Å². The summed E-state index contributed by atoms with van der Waals surface area (Å²) in [5, 5.41) is 0.157. The molecule has 0 bridgehead atoms. The van der Waals surface area contributed by atoms with E-state index in [-0.39, 0.29) is 11.2 Å². The molecule has 0 aromatic heterocycles. The molecule has 0 aliphatic heterocycles. The summed E-state index contributed by atoms with van der Waals surface area (Å²) in [6, 6.07) is 17.7. The van der Waals surface area contributed by atoms with Gasteiger partial charge in [-0.2, -0.15) is 0 Å². The molecule has 0 nitrogen and oxygen atoms in total. The molecule has 0 radical (unpaired) electrons. The van der Waals surface area contributed by atoms with Crippen molar-refractivity contribution in [1.29, 1.82) is 0 Å². The van der Waals surface area contributed by atoms with Gasteiger partial charge in [0.1, 0.15) is 5.82 Å². The van der Waals surface area contributed by atoms with Gasteiger partial charge in [0.05, 0.1) is 0 Å². The quantitative estimate of drug-likeness (QED) is 0.651. The van der Waals surface area contributed by atoms with Crippen molar-refractivity contribution in [2.45, 2.75) is 37.0 Å². The Labute approximate surface area is 131 Å². The largest absolute Gasteiger partial charge is 0.207 e. The van der Waals surface area contributed by atoms with E-state index in [1.807, 2.05) is 18.2 Å². The van der Waals surface area contributed by atoms with Gasteiger partial charge in [0.2, 0.25) is 0 Å². The highest BCUT2D eigenvalue weighted by Gasteiger charge is 2.30. The molecule has 0 N–H and O–H groups in total. The molecule has 0 heterocycles. The first-order valence-electron chi connectivity index (χ1n) is 7.66. The molecule has 1 aliphatic rings. The molecule has 0 amide bonds. The van der Waals surface area contributed by atoms with Crippen LogP contribution in [0.15, 0.2) is 54.6 Å². The summed E-state index contributed by atoms with van der Waals surface area (Å²) < 4.78 is 13.8. The molecule has 110 valence electrons. The zero-order valence-corrected chi connectivity index (χ0v) is 12.8. The van der Waals surface area contributed by atoms with E-state index in [1.165, 1.54) is 11.6 Å². The Bertz CT molecular complexity index is 581. The van der Waals surface area contributed by atoms with E-state index in [9.17, 15) is 4.39 Å². The van der Waals surface area contributed by atoms with Gasteiger partial charge in [-0.3, -0.25) is 0 Å². The molecule has 3 rings (SSSR count). The standard InChI is InChI=1S/C19H20ClF/c20-18-11-10-15(14-6-2-1-3-7-14)12-17(18)13-16-8-4-5-9-19(16)21/h1-9,15,17-18H,10-13H2. The van der Waals surface area contributed by atoms with Gasteiger partial charge in [0.15, 0.2) is 0 Å². The first-order chi connectivity index (χ1) is 10.2. The first kappa shape index (κ1) is 14.6. The van der Waals surface area contributed by atoms with Crippen molar-refractivity contribution in [3.8, 4) is 0 Å². The molecule has 2 aromatic carbocycles. The van der Waals surface area contributed by atoms with Gasteiger partial charge in [-0.25, -0.2) is 4.39 Å². The summed E-state index contributed by atoms with van der Waals surface area (Å²) in [4.78, 5) is 0. The van der Waals surface area contributed by atoms with Gasteiger partial charge in [-0.1, -0.05) is 48.5 Å². The smallest absolute Gasteiger partial charge is 0.126 e. The van der Waals surface area contributed by atoms with E-state index in [0.29, 0.717) is 11.8 Å². The van der Waals surface area contributed by atoms with Crippen molar-refractivity contribution in [2.24, 2.45) is 5.92 Å². The monoisotopic (exact) mass is 302 g/mol. The Balaban J connectivity index is 1.74. The molecule has 1 fully saturated rings. The van der Waals surface area contributed by atoms with Crippen LogP contribution in [0.4, 0.5) is 4.39 Å². The summed E-state index contributed by atoms with van der Waals surface area (Å²) in [7, 11) is 0. The lowest BCUT2D eigenvalue weighted by molar-refractivity contribution is 0.324. The highest BCUT2D eigenvalue weighted by atomic mass is 35.5. The van der Waals surface area contributed by atoms with Gasteiger partial charge < -0.3 is 0 Å². The molecule has 3 atom stereocenters. The van der Waals surface area contributed by atoms with Crippen molar-refractivity contribution in [2.75, 3.05) is 0 Å². The minimum atomic E-state index is -0.108. The van der Waals surface area contributed by atoms with Crippen molar-refractivity contribution in [3.05, 3.63) is 71.5 Å². The summed E-state index contributed by atoms with van der Waals surface area (Å²) in [6.07, 6.45) is 3.93. The molecule has 2 heteroatoms. The average molecular weight is 303 g/mol. The average Bonchev–Trinajstić information content (AvgIpc) is 2.52. The van der Waals surface area contributed by atoms with Crippen LogP contribution >= 0.6 is 11.6 Å². The van der Waals surface area contributed by atoms with E-state index >= 15 is 0 Å². The number of halogens is 2. The third-order valence-electron chi connectivity index (χ3n) is 4.60. The molecule has 2 aromatic rings. The molecular formula is C19H20ClF. The topological polar surface area (TPSA) is 0 Å². The number of alkyl halides is 1. The van der Waals surface area contributed by atoms with Crippen LogP contribution in [0.5, 0.6) is 0 Å². The second kappa shape index (κ2) is 6.62. The number of hydrogen-bond donors (Lipinski definition) is 0. The maximum Gasteiger partial charge on any atom is 0.126 e. The van der Waals surface area contributed by atoms with Gasteiger partial charge in [0, 0.05) is 5.38 Å².